The van der Waals surface area contributed by atoms with E-state index in [4.69, 9.17) is 0 Å². The van der Waals surface area contributed by atoms with Gasteiger partial charge in [0.15, 0.2) is 21.8 Å². The fraction of sp³-hybridized carbons (Fsp3) is 0.444. The maximum atomic E-state index is 13.3. The molecule has 3 nitrogen and oxygen atoms in total. The lowest BCUT2D eigenvalue weighted by Gasteiger charge is -2.15. The molecule has 16 heavy (non-hydrogen) atoms. The predicted molar refractivity (Wildman–Crippen MR) is 62.7 cm³/mol. The zero-order valence-corrected chi connectivity index (χ0v) is 11.5. The third kappa shape index (κ3) is 1.84. The average molecular weight is 327 g/mol. The molecule has 0 fully saturated rings. The largest absolute Gasteiger partial charge is 0.291 e. The quantitative estimate of drug-likeness (QED) is 0.796. The molecule has 1 unspecified atom stereocenters. The van der Waals surface area contributed by atoms with Gasteiger partial charge in [0.2, 0.25) is 0 Å². The third-order valence-corrected chi connectivity index (χ3v) is 6.26. The number of hydrogen-bond donors (Lipinski definition) is 0. The van der Waals surface area contributed by atoms with Gasteiger partial charge < -0.3 is 0 Å². The lowest BCUT2D eigenvalue weighted by Crippen LogP contribution is -2.24. The molecule has 1 atom stereocenters. The Bertz CT molecular complexity index is 562. The highest BCUT2D eigenvalue weighted by Crippen LogP contribution is 2.40. The van der Waals surface area contributed by atoms with E-state index in [2.05, 4.69) is 15.9 Å². The molecule has 2 rings (SSSR count). The van der Waals surface area contributed by atoms with Crippen LogP contribution in [0, 0.1) is 0 Å². The molecular weight excluding hydrogens is 319 g/mol. The van der Waals surface area contributed by atoms with Crippen LogP contribution in [0.5, 0.6) is 0 Å². The number of rotatable bonds is 1. The van der Waals surface area contributed by atoms with E-state index in [1.165, 1.54) is 0 Å². The van der Waals surface area contributed by atoms with Crippen molar-refractivity contribution in [3.8, 4) is 0 Å². The Morgan fingerprint density at radius 2 is 2.12 bits per heavy atom. The molecule has 0 aliphatic heterocycles. The molecule has 0 spiro atoms. The molecule has 0 amide bonds. The molecule has 1 aliphatic rings. The summed E-state index contributed by atoms with van der Waals surface area (Å²) in [7, 11) is -3.48. The van der Waals surface area contributed by atoms with Gasteiger partial charge in [0, 0.05) is 6.26 Å². The molecule has 1 aliphatic carbocycles. The predicted octanol–water partition coefficient (Wildman–Crippen LogP) is 2.38. The van der Waals surface area contributed by atoms with Gasteiger partial charge in [-0.05, 0) is 34.3 Å². The molecule has 1 aromatic rings. The minimum atomic E-state index is -3.48. The van der Waals surface area contributed by atoms with Crippen LogP contribution < -0.4 is 0 Å². The number of hydrogen-bond acceptors (Lipinski definition) is 4. The van der Waals surface area contributed by atoms with E-state index in [1.807, 2.05) is 0 Å². The normalized spacial score (nSPS) is 20.9. The van der Waals surface area contributed by atoms with Crippen molar-refractivity contribution in [2.45, 2.75) is 23.2 Å². The van der Waals surface area contributed by atoms with Crippen LogP contribution in [0.4, 0.5) is 4.39 Å². The number of thiophene rings is 1. The highest BCUT2D eigenvalue weighted by Gasteiger charge is 2.35. The number of halogens is 2. The second kappa shape index (κ2) is 3.89. The highest BCUT2D eigenvalue weighted by molar-refractivity contribution is 9.11. The van der Waals surface area contributed by atoms with Crippen LogP contribution in [0.3, 0.4) is 0 Å². The maximum Gasteiger partial charge on any atom is 0.199 e. The smallest absolute Gasteiger partial charge is 0.199 e. The van der Waals surface area contributed by atoms with Crippen LogP contribution in [0.2, 0.25) is 0 Å². The number of ketones is 1. The Kier molecular flexibility index (Phi) is 2.96. The van der Waals surface area contributed by atoms with Gasteiger partial charge in [-0.25, -0.2) is 12.8 Å². The minimum absolute atomic E-state index is 0.0262. The number of fused-ring (bicyclic) bond motifs is 1. The van der Waals surface area contributed by atoms with Gasteiger partial charge in [0.05, 0.1) is 9.35 Å². The fourth-order valence-corrected chi connectivity index (χ4v) is 5.18. The van der Waals surface area contributed by atoms with Crippen molar-refractivity contribution in [1.29, 1.82) is 0 Å². The zero-order valence-electron chi connectivity index (χ0n) is 8.29. The zero-order chi connectivity index (χ0) is 12.1. The molecule has 0 saturated heterocycles. The summed E-state index contributed by atoms with van der Waals surface area (Å²) >= 11 is 4.21. The molecule has 0 saturated carbocycles. The maximum absolute atomic E-state index is 13.3. The Labute approximate surface area is 105 Å². The standard InChI is InChI=1S/C9H8BrFO3S2/c1-16(13,14)9-6-4(8(10)15-9)2-3-5(11)7(6)12/h5H,2-3H2,1H3. The first-order valence-electron chi connectivity index (χ1n) is 4.52. The van der Waals surface area contributed by atoms with E-state index in [0.717, 1.165) is 17.6 Å². The summed E-state index contributed by atoms with van der Waals surface area (Å²) in [6.07, 6.45) is -0.0191. The Balaban J connectivity index is 2.73. The summed E-state index contributed by atoms with van der Waals surface area (Å²) in [5, 5.41) is 0. The van der Waals surface area contributed by atoms with E-state index >= 15 is 0 Å². The van der Waals surface area contributed by atoms with Gasteiger partial charge in [0.1, 0.15) is 4.21 Å². The summed E-state index contributed by atoms with van der Waals surface area (Å²) in [4.78, 5) is 11.6. The molecule has 0 radical (unpaired) electrons. The van der Waals surface area contributed by atoms with Crippen molar-refractivity contribution in [2.24, 2.45) is 0 Å². The first-order valence-corrected chi connectivity index (χ1v) is 8.02. The summed E-state index contributed by atoms with van der Waals surface area (Å²) < 4.78 is 36.8. The van der Waals surface area contributed by atoms with Crippen LogP contribution in [0.1, 0.15) is 22.3 Å². The van der Waals surface area contributed by atoms with Crippen molar-refractivity contribution in [3.63, 3.8) is 0 Å². The summed E-state index contributed by atoms with van der Waals surface area (Å²) in [5.74, 6) is -0.705. The highest BCUT2D eigenvalue weighted by atomic mass is 79.9. The molecule has 0 N–H and O–H groups in total. The molecule has 0 bridgehead atoms. The minimum Gasteiger partial charge on any atom is -0.291 e. The van der Waals surface area contributed by atoms with Crippen LogP contribution in [-0.2, 0) is 16.3 Å². The van der Waals surface area contributed by atoms with E-state index < -0.39 is 21.8 Å². The summed E-state index contributed by atoms with van der Waals surface area (Å²) in [5.41, 5.74) is 0.683. The number of carbonyl (C=O) groups excluding carboxylic acids is 1. The third-order valence-electron chi connectivity index (χ3n) is 2.44. The molecule has 1 heterocycles. The molecule has 88 valence electrons. The Morgan fingerprint density at radius 1 is 1.50 bits per heavy atom. The average Bonchev–Trinajstić information content (AvgIpc) is 2.50. The molecule has 1 aromatic heterocycles. The first kappa shape index (κ1) is 12.2. The van der Waals surface area contributed by atoms with Gasteiger partial charge in [-0.2, -0.15) is 0 Å². The van der Waals surface area contributed by atoms with Crippen LogP contribution in [0.25, 0.3) is 0 Å². The van der Waals surface area contributed by atoms with Crippen LogP contribution in [0.15, 0.2) is 8.00 Å². The second-order valence-corrected chi connectivity index (χ2v) is 8.21. The van der Waals surface area contributed by atoms with Gasteiger partial charge in [-0.3, -0.25) is 4.79 Å². The fourth-order valence-electron chi connectivity index (χ4n) is 1.71. The second-order valence-electron chi connectivity index (χ2n) is 3.66. The number of carbonyl (C=O) groups is 1. The van der Waals surface area contributed by atoms with Gasteiger partial charge >= 0.3 is 0 Å². The molecular formula is C9H8BrFO3S2. The topological polar surface area (TPSA) is 51.2 Å². The van der Waals surface area contributed by atoms with Crippen molar-refractivity contribution >= 4 is 42.9 Å². The van der Waals surface area contributed by atoms with E-state index in [0.29, 0.717) is 15.8 Å². The van der Waals surface area contributed by atoms with Crippen molar-refractivity contribution in [3.05, 3.63) is 14.9 Å². The van der Waals surface area contributed by atoms with Crippen LogP contribution >= 0.6 is 27.3 Å². The Morgan fingerprint density at radius 3 is 2.69 bits per heavy atom. The van der Waals surface area contributed by atoms with Crippen molar-refractivity contribution in [1.82, 2.24) is 0 Å². The summed E-state index contributed by atoms with van der Waals surface area (Å²) in [6, 6.07) is 0. The lowest BCUT2D eigenvalue weighted by atomic mass is 9.93. The number of Topliss-reactive ketones (excluding diaryl/α,β-unsaturated/α-hetero) is 1. The van der Waals surface area contributed by atoms with Gasteiger partial charge in [-0.15, -0.1) is 11.3 Å². The van der Waals surface area contributed by atoms with Gasteiger partial charge in [-0.1, -0.05) is 0 Å². The van der Waals surface area contributed by atoms with Crippen LogP contribution in [-0.4, -0.2) is 26.6 Å². The SMILES string of the molecule is CS(=O)(=O)c1sc(Br)c2c1C(=O)C(F)CC2. The summed E-state index contributed by atoms with van der Waals surface area (Å²) in [6.45, 7) is 0. The van der Waals surface area contributed by atoms with E-state index in [9.17, 15) is 17.6 Å². The Hall–Kier alpha value is -0.270. The number of alkyl halides is 1. The molecule has 0 aromatic carbocycles. The van der Waals surface area contributed by atoms with Gasteiger partial charge in [0.25, 0.3) is 0 Å². The monoisotopic (exact) mass is 326 g/mol. The number of sulfone groups is 1. The van der Waals surface area contributed by atoms with E-state index in [1.54, 1.807) is 0 Å². The van der Waals surface area contributed by atoms with E-state index in [-0.39, 0.29) is 16.2 Å². The van der Waals surface area contributed by atoms with Crippen molar-refractivity contribution < 1.29 is 17.6 Å². The first-order chi connectivity index (χ1) is 7.32. The van der Waals surface area contributed by atoms with Crippen molar-refractivity contribution in [2.75, 3.05) is 6.26 Å². The molecule has 7 heteroatoms. The lowest BCUT2D eigenvalue weighted by molar-refractivity contribution is 0.0853.